The summed E-state index contributed by atoms with van der Waals surface area (Å²) in [6, 6.07) is 15.7. The summed E-state index contributed by atoms with van der Waals surface area (Å²) in [5.41, 5.74) is 1.29. The summed E-state index contributed by atoms with van der Waals surface area (Å²) < 4.78 is 0. The maximum Gasteiger partial charge on any atom is 0.258 e. The molecular weight excluding hydrogens is 214 g/mol. The molecule has 1 amide bonds. The number of carbonyl (C=O) groups is 1. The van der Waals surface area contributed by atoms with Gasteiger partial charge in [0.1, 0.15) is 5.75 Å². The Kier molecular flexibility index (Phi) is 3.10. The predicted octanol–water partition coefficient (Wildman–Crippen LogP) is 2.67. The normalized spacial score (nSPS) is 9.94. The third-order valence-electron chi connectivity index (χ3n) is 2.54. The quantitative estimate of drug-likeness (QED) is 0.856. The van der Waals surface area contributed by atoms with Crippen LogP contribution in [0.1, 0.15) is 10.4 Å². The van der Waals surface area contributed by atoms with Gasteiger partial charge in [-0.1, -0.05) is 24.3 Å². The van der Waals surface area contributed by atoms with Gasteiger partial charge in [0.25, 0.3) is 5.91 Å². The molecule has 0 fully saturated rings. The molecule has 0 saturated heterocycles. The SMILES string of the molecule is CN(C(=O)c1cccc(O)c1)c1ccccc1. The summed E-state index contributed by atoms with van der Waals surface area (Å²) in [5.74, 6) is -0.0515. The van der Waals surface area contributed by atoms with Gasteiger partial charge in [0.15, 0.2) is 0 Å². The van der Waals surface area contributed by atoms with E-state index in [2.05, 4.69) is 0 Å². The molecular formula is C14H13NO2. The standard InChI is InChI=1S/C14H13NO2/c1-15(12-7-3-2-4-8-12)14(17)11-6-5-9-13(16)10-11/h2-10,16H,1H3. The number of phenolic OH excluding ortho intramolecular Hbond substituents is 1. The van der Waals surface area contributed by atoms with E-state index in [-0.39, 0.29) is 11.7 Å². The lowest BCUT2D eigenvalue weighted by molar-refractivity contribution is 0.0992. The van der Waals surface area contributed by atoms with Crippen molar-refractivity contribution in [3.8, 4) is 5.75 Å². The van der Waals surface area contributed by atoms with Crippen molar-refractivity contribution in [2.24, 2.45) is 0 Å². The minimum Gasteiger partial charge on any atom is -0.508 e. The topological polar surface area (TPSA) is 40.5 Å². The van der Waals surface area contributed by atoms with E-state index in [1.54, 1.807) is 30.1 Å². The molecule has 0 aliphatic heterocycles. The Morgan fingerprint density at radius 3 is 2.41 bits per heavy atom. The summed E-state index contributed by atoms with van der Waals surface area (Å²) in [6.45, 7) is 0. The van der Waals surface area contributed by atoms with Crippen LogP contribution in [-0.4, -0.2) is 18.1 Å². The number of benzene rings is 2. The van der Waals surface area contributed by atoms with E-state index in [0.717, 1.165) is 5.69 Å². The van der Waals surface area contributed by atoms with Crippen molar-refractivity contribution in [3.63, 3.8) is 0 Å². The molecule has 0 bridgehead atoms. The van der Waals surface area contributed by atoms with Crippen LogP contribution in [0.2, 0.25) is 0 Å². The highest BCUT2D eigenvalue weighted by Crippen LogP contribution is 2.17. The van der Waals surface area contributed by atoms with Crippen molar-refractivity contribution in [3.05, 3.63) is 60.2 Å². The fourth-order valence-electron chi connectivity index (χ4n) is 1.60. The number of aromatic hydroxyl groups is 1. The predicted molar refractivity (Wildman–Crippen MR) is 67.3 cm³/mol. The molecule has 3 heteroatoms. The number of amides is 1. The van der Waals surface area contributed by atoms with Crippen molar-refractivity contribution in [2.45, 2.75) is 0 Å². The molecule has 86 valence electrons. The number of anilines is 1. The molecule has 0 aliphatic rings. The molecule has 0 aromatic heterocycles. The van der Waals surface area contributed by atoms with Crippen LogP contribution < -0.4 is 4.90 Å². The Morgan fingerprint density at radius 1 is 1.06 bits per heavy atom. The minimum atomic E-state index is -0.146. The van der Waals surface area contributed by atoms with Crippen LogP contribution in [0.3, 0.4) is 0 Å². The van der Waals surface area contributed by atoms with E-state index in [9.17, 15) is 9.90 Å². The van der Waals surface area contributed by atoms with Crippen LogP contribution in [0, 0.1) is 0 Å². The molecule has 0 spiro atoms. The fourth-order valence-corrected chi connectivity index (χ4v) is 1.60. The Balaban J connectivity index is 2.27. The smallest absolute Gasteiger partial charge is 0.258 e. The van der Waals surface area contributed by atoms with E-state index >= 15 is 0 Å². The van der Waals surface area contributed by atoms with Gasteiger partial charge in [-0.15, -0.1) is 0 Å². The molecule has 3 nitrogen and oxygen atoms in total. The number of carbonyl (C=O) groups excluding carboxylic acids is 1. The van der Waals surface area contributed by atoms with Crippen LogP contribution >= 0.6 is 0 Å². The second-order valence-electron chi connectivity index (χ2n) is 3.75. The van der Waals surface area contributed by atoms with Gasteiger partial charge in [-0.05, 0) is 30.3 Å². The first-order valence-electron chi connectivity index (χ1n) is 5.30. The van der Waals surface area contributed by atoms with Gasteiger partial charge in [0.05, 0.1) is 0 Å². The van der Waals surface area contributed by atoms with Crippen LogP contribution in [0.4, 0.5) is 5.69 Å². The summed E-state index contributed by atoms with van der Waals surface area (Å²) in [5, 5.41) is 9.34. The Morgan fingerprint density at radius 2 is 1.76 bits per heavy atom. The molecule has 2 aromatic carbocycles. The van der Waals surface area contributed by atoms with E-state index in [1.807, 2.05) is 30.3 Å². The van der Waals surface area contributed by atoms with Gasteiger partial charge >= 0.3 is 0 Å². The number of hydrogen-bond acceptors (Lipinski definition) is 2. The summed E-state index contributed by atoms with van der Waals surface area (Å²) in [7, 11) is 1.71. The van der Waals surface area contributed by atoms with Crippen LogP contribution in [0.25, 0.3) is 0 Å². The molecule has 0 radical (unpaired) electrons. The maximum absolute atomic E-state index is 12.1. The Hall–Kier alpha value is -2.29. The van der Waals surface area contributed by atoms with Gasteiger partial charge in [-0.2, -0.15) is 0 Å². The number of hydrogen-bond donors (Lipinski definition) is 1. The average Bonchev–Trinajstić information content (AvgIpc) is 2.38. The van der Waals surface area contributed by atoms with Gasteiger partial charge in [0.2, 0.25) is 0 Å². The first kappa shape index (κ1) is 11.2. The second-order valence-corrected chi connectivity index (χ2v) is 3.75. The van der Waals surface area contributed by atoms with E-state index < -0.39 is 0 Å². The van der Waals surface area contributed by atoms with Crippen LogP contribution in [-0.2, 0) is 0 Å². The maximum atomic E-state index is 12.1. The number of nitrogens with zero attached hydrogens (tertiary/aromatic N) is 1. The highest BCUT2D eigenvalue weighted by Gasteiger charge is 2.13. The largest absolute Gasteiger partial charge is 0.508 e. The highest BCUT2D eigenvalue weighted by atomic mass is 16.3. The van der Waals surface area contributed by atoms with E-state index in [4.69, 9.17) is 0 Å². The van der Waals surface area contributed by atoms with Crippen molar-refractivity contribution in [2.75, 3.05) is 11.9 Å². The molecule has 17 heavy (non-hydrogen) atoms. The first-order chi connectivity index (χ1) is 8.18. The summed E-state index contributed by atoms with van der Waals surface area (Å²) in [6.07, 6.45) is 0. The van der Waals surface area contributed by atoms with Gasteiger partial charge in [-0.25, -0.2) is 0 Å². The van der Waals surface area contributed by atoms with Crippen molar-refractivity contribution in [1.82, 2.24) is 0 Å². The molecule has 0 saturated carbocycles. The van der Waals surface area contributed by atoms with Gasteiger partial charge < -0.3 is 10.0 Å². The summed E-state index contributed by atoms with van der Waals surface area (Å²) in [4.78, 5) is 13.7. The number of phenols is 1. The first-order valence-corrected chi connectivity index (χ1v) is 5.30. The molecule has 1 N–H and O–H groups in total. The average molecular weight is 227 g/mol. The van der Waals surface area contributed by atoms with Crippen LogP contribution in [0.15, 0.2) is 54.6 Å². The summed E-state index contributed by atoms with van der Waals surface area (Å²) >= 11 is 0. The lowest BCUT2D eigenvalue weighted by Crippen LogP contribution is -2.25. The lowest BCUT2D eigenvalue weighted by atomic mass is 10.2. The van der Waals surface area contributed by atoms with Crippen LogP contribution in [0.5, 0.6) is 5.75 Å². The fraction of sp³-hybridized carbons (Fsp3) is 0.0714. The van der Waals surface area contributed by atoms with Crippen molar-refractivity contribution >= 4 is 11.6 Å². The zero-order valence-electron chi connectivity index (χ0n) is 9.50. The Labute approximate surface area is 99.9 Å². The third-order valence-corrected chi connectivity index (χ3v) is 2.54. The Bertz CT molecular complexity index is 523. The van der Waals surface area contributed by atoms with E-state index in [1.165, 1.54) is 6.07 Å². The molecule has 2 rings (SSSR count). The lowest BCUT2D eigenvalue weighted by Gasteiger charge is -2.17. The zero-order valence-corrected chi connectivity index (χ0v) is 9.50. The molecule has 0 atom stereocenters. The molecule has 0 unspecified atom stereocenters. The molecule has 0 aliphatic carbocycles. The minimum absolute atomic E-state index is 0.0947. The van der Waals surface area contributed by atoms with Crippen molar-refractivity contribution < 1.29 is 9.90 Å². The van der Waals surface area contributed by atoms with Gasteiger partial charge in [-0.3, -0.25) is 4.79 Å². The second kappa shape index (κ2) is 4.70. The highest BCUT2D eigenvalue weighted by molar-refractivity contribution is 6.05. The third kappa shape index (κ3) is 2.45. The molecule has 2 aromatic rings. The number of rotatable bonds is 2. The molecule has 0 heterocycles. The zero-order chi connectivity index (χ0) is 12.3. The van der Waals surface area contributed by atoms with Crippen molar-refractivity contribution in [1.29, 1.82) is 0 Å². The van der Waals surface area contributed by atoms with Gasteiger partial charge in [0, 0.05) is 18.3 Å². The van der Waals surface area contributed by atoms with E-state index in [0.29, 0.717) is 5.56 Å². The number of para-hydroxylation sites is 1. The monoisotopic (exact) mass is 227 g/mol.